The van der Waals surface area contributed by atoms with Gasteiger partial charge in [0.25, 0.3) is 5.79 Å². The number of nitrogens with zero attached hydrogens (tertiary/aromatic N) is 2. The van der Waals surface area contributed by atoms with Crippen LogP contribution in [0.15, 0.2) is 52.3 Å². The average Bonchev–Trinajstić information content (AvgIpc) is 3.34. The van der Waals surface area contributed by atoms with Crippen LogP contribution < -0.4 is 0 Å². The summed E-state index contributed by atoms with van der Waals surface area (Å²) >= 11 is 0. The van der Waals surface area contributed by atoms with Crippen LogP contribution in [0, 0.1) is 21.7 Å². The molecule has 0 spiro atoms. The van der Waals surface area contributed by atoms with Crippen LogP contribution in [-0.4, -0.2) is 50.9 Å². The number of fused-ring (bicyclic) bond motifs is 1. The molecule has 10 heteroatoms. The van der Waals surface area contributed by atoms with Crippen LogP contribution in [0.1, 0.15) is 105 Å². The molecule has 2 atom stereocenters. The summed E-state index contributed by atoms with van der Waals surface area (Å²) in [5.41, 5.74) is 3.17. The first-order valence-corrected chi connectivity index (χ1v) is 15.5. The highest BCUT2D eigenvalue weighted by molar-refractivity contribution is 6.01. The van der Waals surface area contributed by atoms with E-state index in [1.807, 2.05) is 12.1 Å². The molecular formula is C36H50N2O8. The van der Waals surface area contributed by atoms with Crippen molar-refractivity contribution in [3.05, 3.63) is 64.2 Å². The molecule has 0 saturated carbocycles. The Labute approximate surface area is 272 Å². The lowest BCUT2D eigenvalue weighted by Gasteiger charge is -2.61. The van der Waals surface area contributed by atoms with Crippen molar-refractivity contribution in [2.45, 2.75) is 94.5 Å². The highest BCUT2D eigenvalue weighted by atomic mass is 17.3. The molecule has 3 aliphatic heterocycles. The first kappa shape index (κ1) is 35.3. The Bertz CT molecular complexity index is 1590. The van der Waals surface area contributed by atoms with Gasteiger partial charge in [-0.2, -0.15) is 4.89 Å². The minimum Gasteiger partial charge on any atom is -0.507 e. The zero-order valence-electron chi connectivity index (χ0n) is 29.2. The molecule has 2 unspecified atom stereocenters. The van der Waals surface area contributed by atoms with Crippen molar-refractivity contribution in [2.75, 3.05) is 13.2 Å². The number of hydrogen-bond acceptors (Lipinski definition) is 10. The second-order valence-electron chi connectivity index (χ2n) is 15.8. The molecule has 0 amide bonds. The number of oxime groups is 2. The Kier molecular flexibility index (Phi) is 8.87. The van der Waals surface area contributed by atoms with Gasteiger partial charge in [0.05, 0.1) is 24.6 Å². The maximum Gasteiger partial charge on any atom is 0.261 e. The normalized spacial score (nSPS) is 25.7. The van der Waals surface area contributed by atoms with Crippen molar-refractivity contribution in [3.8, 4) is 11.5 Å². The highest BCUT2D eigenvalue weighted by Gasteiger charge is 2.81. The van der Waals surface area contributed by atoms with Gasteiger partial charge in [-0.25, -0.2) is 4.89 Å². The molecule has 2 saturated heterocycles. The van der Waals surface area contributed by atoms with E-state index < -0.39 is 11.4 Å². The molecule has 2 aromatic rings. The first-order valence-electron chi connectivity index (χ1n) is 15.5. The van der Waals surface area contributed by atoms with Crippen LogP contribution in [-0.2, 0) is 25.0 Å². The number of phenols is 2. The standard InChI is InChI=1S/C18H25NO5.C18H25NO3/c1-11(19-21)13-8-7-12(9-14(13)20)17-18(24-23-17,15(2,3)4)16(5,6)10-22-17;1-11(19-21)13-8-7-12(9-14(13)20)15-16(17(2,3)4)18(5,6)10-22-15/h7-9,20-21H,10H2,1-6H3;7-9,20-21H,10H2,1-6H3/b2*19-11+. The molecule has 252 valence electrons. The van der Waals surface area contributed by atoms with E-state index >= 15 is 0 Å². The summed E-state index contributed by atoms with van der Waals surface area (Å²) in [5.74, 6) is -0.140. The third-order valence-electron chi connectivity index (χ3n) is 9.34. The van der Waals surface area contributed by atoms with Crippen molar-refractivity contribution < 1.29 is 39.9 Å². The lowest BCUT2D eigenvalue weighted by atomic mass is 9.57. The lowest BCUT2D eigenvalue weighted by molar-refractivity contribution is -0.626. The van der Waals surface area contributed by atoms with Crippen molar-refractivity contribution in [1.82, 2.24) is 0 Å². The predicted octanol–water partition coefficient (Wildman–Crippen LogP) is 7.95. The van der Waals surface area contributed by atoms with Crippen molar-refractivity contribution >= 4 is 17.2 Å². The third kappa shape index (κ3) is 5.44. The van der Waals surface area contributed by atoms with E-state index in [4.69, 9.17) is 29.7 Å². The summed E-state index contributed by atoms with van der Waals surface area (Å²) in [6.45, 7) is 25.7. The minimum absolute atomic E-state index is 0.00351. The smallest absolute Gasteiger partial charge is 0.261 e. The van der Waals surface area contributed by atoms with Crippen molar-refractivity contribution in [3.63, 3.8) is 0 Å². The van der Waals surface area contributed by atoms with Gasteiger partial charge in [0.1, 0.15) is 17.3 Å². The quantitative estimate of drug-likeness (QED) is 0.114. The van der Waals surface area contributed by atoms with Crippen LogP contribution in [0.2, 0.25) is 0 Å². The van der Waals surface area contributed by atoms with Crippen LogP contribution in [0.5, 0.6) is 11.5 Å². The Morgan fingerprint density at radius 1 is 0.761 bits per heavy atom. The summed E-state index contributed by atoms with van der Waals surface area (Å²) in [7, 11) is 0. The molecule has 2 aromatic carbocycles. The largest absolute Gasteiger partial charge is 0.507 e. The summed E-state index contributed by atoms with van der Waals surface area (Å²) in [6, 6.07) is 10.4. The molecule has 0 aliphatic carbocycles. The topological polar surface area (TPSA) is 143 Å². The Hall–Kier alpha value is -3.60. The molecule has 0 radical (unpaired) electrons. The predicted molar refractivity (Wildman–Crippen MR) is 176 cm³/mol. The molecule has 10 nitrogen and oxygen atoms in total. The summed E-state index contributed by atoms with van der Waals surface area (Å²) in [4.78, 5) is 11.3. The van der Waals surface area contributed by atoms with Crippen molar-refractivity contribution in [2.24, 2.45) is 32.0 Å². The van der Waals surface area contributed by atoms with Gasteiger partial charge in [-0.3, -0.25) is 0 Å². The Balaban J connectivity index is 0.000000210. The van der Waals surface area contributed by atoms with Gasteiger partial charge >= 0.3 is 0 Å². The van der Waals surface area contributed by atoms with E-state index in [9.17, 15) is 10.2 Å². The number of hydrogen-bond donors (Lipinski definition) is 4. The van der Waals surface area contributed by atoms with E-state index in [1.54, 1.807) is 38.1 Å². The number of benzene rings is 2. The molecule has 46 heavy (non-hydrogen) atoms. The Morgan fingerprint density at radius 3 is 1.74 bits per heavy atom. The summed E-state index contributed by atoms with van der Waals surface area (Å²) in [5, 5.41) is 44.6. The van der Waals surface area contributed by atoms with E-state index in [1.165, 1.54) is 5.57 Å². The molecule has 2 fully saturated rings. The minimum atomic E-state index is -1.07. The second-order valence-corrected chi connectivity index (χ2v) is 15.8. The van der Waals surface area contributed by atoms with Gasteiger partial charge in [-0.1, -0.05) is 91.7 Å². The summed E-state index contributed by atoms with van der Waals surface area (Å²) < 4.78 is 12.1. The SMILES string of the molecule is C/C(=N\O)c1ccc(C23OCC(C)(C)C2(C(C)(C)C)OO3)cc1O.C/C(=N\O)c1ccc(C2=C(C(C)(C)C)C(C)(C)CO2)cc1O. The molecular weight excluding hydrogens is 588 g/mol. The zero-order chi connectivity index (χ0) is 34.7. The van der Waals surface area contributed by atoms with Gasteiger partial charge in [0.15, 0.2) is 5.60 Å². The van der Waals surface area contributed by atoms with Gasteiger partial charge in [-0.15, -0.1) is 0 Å². The van der Waals surface area contributed by atoms with E-state index in [-0.39, 0.29) is 33.2 Å². The Morgan fingerprint density at radius 2 is 1.30 bits per heavy atom. The maximum absolute atomic E-state index is 10.4. The van der Waals surface area contributed by atoms with Crippen molar-refractivity contribution in [1.29, 1.82) is 0 Å². The number of ether oxygens (including phenoxy) is 2. The molecule has 3 heterocycles. The third-order valence-corrected chi connectivity index (χ3v) is 9.34. The van der Waals surface area contributed by atoms with E-state index in [0.29, 0.717) is 41.3 Å². The number of rotatable bonds is 4. The second kappa shape index (κ2) is 11.6. The fourth-order valence-corrected chi connectivity index (χ4v) is 7.65. The molecule has 4 N–H and O–H groups in total. The first-order chi connectivity index (χ1) is 21.1. The average molecular weight is 639 g/mol. The fraction of sp³-hybridized carbons (Fsp3) is 0.556. The van der Waals surface area contributed by atoms with E-state index in [0.717, 1.165) is 11.3 Å². The van der Waals surface area contributed by atoms with Gasteiger partial charge in [-0.05, 0) is 49.1 Å². The highest BCUT2D eigenvalue weighted by Crippen LogP contribution is 2.69. The van der Waals surface area contributed by atoms with Crippen LogP contribution in [0.3, 0.4) is 0 Å². The fourth-order valence-electron chi connectivity index (χ4n) is 7.65. The van der Waals surface area contributed by atoms with Crippen LogP contribution in [0.4, 0.5) is 0 Å². The van der Waals surface area contributed by atoms with Gasteiger partial charge < -0.3 is 30.1 Å². The van der Waals surface area contributed by atoms with Gasteiger partial charge in [0, 0.05) is 38.5 Å². The maximum atomic E-state index is 10.4. The molecule has 5 rings (SSSR count). The molecule has 3 aliphatic rings. The number of phenolic OH excluding ortho intramolecular Hbond substituents is 2. The molecule has 0 bridgehead atoms. The monoisotopic (exact) mass is 638 g/mol. The van der Waals surface area contributed by atoms with Crippen LogP contribution in [0.25, 0.3) is 5.76 Å². The lowest BCUT2D eigenvalue weighted by Crippen LogP contribution is -2.73. The molecule has 0 aromatic heterocycles. The van der Waals surface area contributed by atoms with Gasteiger partial charge in [0.2, 0.25) is 0 Å². The zero-order valence-corrected chi connectivity index (χ0v) is 29.2. The van der Waals surface area contributed by atoms with Crippen LogP contribution >= 0.6 is 0 Å². The summed E-state index contributed by atoms with van der Waals surface area (Å²) in [6.07, 6.45) is 0. The van der Waals surface area contributed by atoms with E-state index in [2.05, 4.69) is 79.5 Å². The number of aromatic hydroxyl groups is 2.